The van der Waals surface area contributed by atoms with Gasteiger partial charge in [0.05, 0.1) is 27.7 Å². The first-order valence-electron chi connectivity index (χ1n) is 8.49. The minimum Gasteiger partial charge on any atom is -0.398 e. The van der Waals surface area contributed by atoms with Gasteiger partial charge in [0, 0.05) is 24.4 Å². The van der Waals surface area contributed by atoms with Crippen LogP contribution in [-0.2, 0) is 0 Å². The van der Waals surface area contributed by atoms with E-state index in [4.69, 9.17) is 7.15 Å². The van der Waals surface area contributed by atoms with E-state index in [-0.39, 0.29) is 5.78 Å². The van der Waals surface area contributed by atoms with Crippen molar-refractivity contribution >= 4 is 38.2 Å². The molecule has 4 aromatic rings. The summed E-state index contributed by atoms with van der Waals surface area (Å²) in [5.41, 5.74) is 11.3. The van der Waals surface area contributed by atoms with Crippen LogP contribution in [-0.4, -0.2) is 28.0 Å². The zero-order valence-electron chi connectivity index (χ0n) is 15.3. The van der Waals surface area contributed by atoms with E-state index in [1.165, 1.54) is 12.4 Å². The molecule has 6 nitrogen and oxygen atoms in total. The summed E-state index contributed by atoms with van der Waals surface area (Å²) in [5, 5.41) is 8.51. The van der Waals surface area contributed by atoms with Crippen molar-refractivity contribution < 1.29 is 6.21 Å². The number of thiazole rings is 1. The van der Waals surface area contributed by atoms with Crippen LogP contribution in [0.3, 0.4) is 0 Å². The molecule has 4 rings (SSSR count). The molecule has 26 heavy (non-hydrogen) atoms. The molecule has 0 unspecified atom stereocenters. The number of benzene rings is 2. The summed E-state index contributed by atoms with van der Waals surface area (Å²) in [4.78, 5) is 17.3. The van der Waals surface area contributed by atoms with Crippen LogP contribution in [0, 0.1) is 6.92 Å². The quantitative estimate of drug-likeness (QED) is 0.377. The van der Waals surface area contributed by atoms with Crippen LogP contribution in [0.25, 0.3) is 21.3 Å². The number of H-pyrrole nitrogens is 1. The van der Waals surface area contributed by atoms with Crippen LogP contribution in [0.5, 0.6) is 0 Å². The number of aromatic nitrogens is 3. The smallest absolute Gasteiger partial charge is 0.198 e. The first-order chi connectivity index (χ1) is 13.0. The zero-order valence-corrected chi connectivity index (χ0v) is 15.1. The number of hydrogen-bond acceptors (Lipinski definition) is 6. The second-order valence-electron chi connectivity index (χ2n) is 5.94. The van der Waals surface area contributed by atoms with Crippen LogP contribution in [0.2, 0.25) is 1.41 Å². The van der Waals surface area contributed by atoms with Crippen LogP contribution < -0.4 is 11.1 Å². The molecule has 0 aliphatic carbocycles. The molecule has 0 radical (unpaired) electrons. The molecule has 0 bridgehead atoms. The van der Waals surface area contributed by atoms with Crippen LogP contribution in [0.15, 0.2) is 42.7 Å². The van der Waals surface area contributed by atoms with E-state index in [0.717, 1.165) is 37.1 Å². The zero-order chi connectivity index (χ0) is 19.1. The van der Waals surface area contributed by atoms with Crippen LogP contribution >= 0.6 is 11.3 Å². The fourth-order valence-electron chi connectivity index (χ4n) is 2.99. The Bertz CT molecular complexity index is 1180. The molecule has 2 aromatic carbocycles. The molecule has 0 saturated heterocycles. The third-order valence-corrected chi connectivity index (χ3v) is 5.35. The number of fused-ring (bicyclic) bond motifs is 1. The van der Waals surface area contributed by atoms with E-state index in [2.05, 4.69) is 15.4 Å². The normalized spacial score (nSPS) is 11.5. The van der Waals surface area contributed by atoms with E-state index in [1.54, 1.807) is 17.4 Å². The number of rotatable bonds is 4. The molecule has 130 valence electrons. The van der Waals surface area contributed by atoms with Gasteiger partial charge in [-0.15, -0.1) is 0 Å². The van der Waals surface area contributed by atoms with Gasteiger partial charge in [-0.1, -0.05) is 23.5 Å². The van der Waals surface area contributed by atoms with E-state index >= 15 is 0 Å². The highest BCUT2D eigenvalue weighted by atomic mass is 32.1. The van der Waals surface area contributed by atoms with Crippen molar-refractivity contribution in [1.29, 1.82) is 0 Å². The highest BCUT2D eigenvalue weighted by molar-refractivity contribution is 7.22. The number of anilines is 2. The van der Waals surface area contributed by atoms with Crippen molar-refractivity contribution in [2.24, 2.45) is 0 Å². The monoisotopic (exact) mass is 364 g/mol. The molecule has 0 spiro atoms. The van der Waals surface area contributed by atoms with E-state index in [0.29, 0.717) is 16.8 Å². The molecular formula is C19H17N5OS. The van der Waals surface area contributed by atoms with Crippen LogP contribution in [0.1, 0.15) is 21.5 Å². The summed E-state index contributed by atoms with van der Waals surface area (Å²) < 4.78 is 8.49. The molecule has 0 aliphatic rings. The predicted octanol–water partition coefficient (Wildman–Crippen LogP) is 3.85. The number of nitrogens with zero attached hydrogens (tertiary/aromatic N) is 2. The van der Waals surface area contributed by atoms with Gasteiger partial charge in [0.2, 0.25) is 0 Å². The van der Waals surface area contributed by atoms with Gasteiger partial charge >= 0.3 is 0 Å². The maximum absolute atomic E-state index is 12.8. The molecule has 0 atom stereocenters. The summed E-state index contributed by atoms with van der Waals surface area (Å²) in [7, 11) is 1.84. The lowest BCUT2D eigenvalue weighted by Gasteiger charge is -2.13. The van der Waals surface area contributed by atoms with Gasteiger partial charge in [-0.05, 0) is 36.2 Å². The van der Waals surface area contributed by atoms with Gasteiger partial charge < -0.3 is 11.1 Å². The summed E-state index contributed by atoms with van der Waals surface area (Å²) in [6.45, 7) is 1.97. The fraction of sp³-hybridized carbons (Fsp3) is 0.105. The Kier molecular flexibility index (Phi) is 3.64. The molecule has 2 aromatic heterocycles. The number of nitrogen functional groups attached to an aromatic ring is 1. The van der Waals surface area contributed by atoms with Gasteiger partial charge in [-0.3, -0.25) is 9.89 Å². The molecule has 0 aliphatic heterocycles. The summed E-state index contributed by atoms with van der Waals surface area (Å²) in [6.07, 6.45) is 2.74. The number of nitrogens with one attached hydrogen (secondary N) is 2. The molecule has 2 heterocycles. The Hall–Kier alpha value is -3.19. The number of hydrogen-bond donors (Lipinski definition) is 3. The summed E-state index contributed by atoms with van der Waals surface area (Å²) >= 11 is 1.57. The van der Waals surface area contributed by atoms with E-state index in [9.17, 15) is 4.79 Å². The van der Waals surface area contributed by atoms with E-state index in [1.807, 2.05) is 38.2 Å². The van der Waals surface area contributed by atoms with Crippen molar-refractivity contribution in [1.82, 2.24) is 15.2 Å². The number of carbonyl (C=O) groups excluding carboxylic acids is 1. The largest absolute Gasteiger partial charge is 0.398 e. The second kappa shape index (κ2) is 6.27. The van der Waals surface area contributed by atoms with Crippen LogP contribution in [0.4, 0.5) is 10.8 Å². The minimum atomic E-state index is -0.247. The number of ketones is 1. The standard InChI is InChI=1S/C19H17N5OS/c1-10-3-5-13(18(25)12-8-22-23-9-12)17(20)16(10)11-4-6-14-15(7-11)26-19(21-2)24-14/h3-9H,20H2,1-2H3,(H,21,24)(H,22,23)/i/hD. The van der Waals surface area contributed by atoms with Crippen molar-refractivity contribution in [2.75, 3.05) is 18.1 Å². The van der Waals surface area contributed by atoms with Gasteiger partial charge in [0.25, 0.3) is 0 Å². The molecule has 0 fully saturated rings. The number of aromatic amines is 1. The van der Waals surface area contributed by atoms with Crippen molar-refractivity contribution in [3.63, 3.8) is 0 Å². The lowest BCUT2D eigenvalue weighted by atomic mass is 9.93. The van der Waals surface area contributed by atoms with Crippen molar-refractivity contribution in [3.05, 3.63) is 59.4 Å². The van der Waals surface area contributed by atoms with Gasteiger partial charge in [-0.2, -0.15) is 5.10 Å². The molecule has 4 N–H and O–H groups in total. The highest BCUT2D eigenvalue weighted by Gasteiger charge is 2.18. The minimum absolute atomic E-state index is 0.247. The van der Waals surface area contributed by atoms with Gasteiger partial charge in [0.15, 0.2) is 12.3 Å². The lowest BCUT2D eigenvalue weighted by molar-refractivity contribution is 0.103. The third-order valence-electron chi connectivity index (χ3n) is 4.31. The summed E-state index contributed by atoms with van der Waals surface area (Å²) in [5.74, 6) is -0.247. The average Bonchev–Trinajstić information content (AvgIpc) is 3.26. The maximum atomic E-state index is 12.8. The van der Waals surface area contributed by atoms with Crippen molar-refractivity contribution in [3.8, 4) is 11.1 Å². The Balaban J connectivity index is 1.84. The Labute approximate surface area is 155 Å². The Morgan fingerprint density at radius 2 is 2.19 bits per heavy atom. The first-order valence-corrected chi connectivity index (χ1v) is 8.86. The van der Waals surface area contributed by atoms with Gasteiger partial charge in [0.1, 0.15) is 0 Å². The molecule has 7 heteroatoms. The number of carbonyl (C=O) groups is 1. The molecule has 0 amide bonds. The number of nitrogens with two attached hydrogens (primary N) is 1. The van der Waals surface area contributed by atoms with E-state index < -0.39 is 0 Å². The number of aryl methyl sites for hydroxylation is 1. The predicted molar refractivity (Wildman–Crippen MR) is 106 cm³/mol. The molecule has 0 saturated carbocycles. The Morgan fingerprint density at radius 1 is 1.35 bits per heavy atom. The SMILES string of the molecule is [2H]n1cc(C(=O)c2ccc(C)c(-c3ccc4nc(NC)sc4c3)c2N)cn1. The second-order valence-corrected chi connectivity index (χ2v) is 6.97. The van der Waals surface area contributed by atoms with Gasteiger partial charge in [-0.25, -0.2) is 4.98 Å². The average molecular weight is 364 g/mol. The topological polar surface area (TPSA) is 96.7 Å². The highest BCUT2D eigenvalue weighted by Crippen LogP contribution is 2.36. The third kappa shape index (κ3) is 2.62. The van der Waals surface area contributed by atoms with Crippen molar-refractivity contribution in [2.45, 2.75) is 6.92 Å². The summed E-state index contributed by atoms with van der Waals surface area (Å²) in [6, 6.07) is 9.58. The first kappa shape index (κ1) is 15.1. The fourth-order valence-corrected chi connectivity index (χ4v) is 3.85. The lowest BCUT2D eigenvalue weighted by Crippen LogP contribution is -2.07. The maximum Gasteiger partial charge on any atom is 0.198 e. The molecular weight excluding hydrogens is 346 g/mol. The Morgan fingerprint density at radius 3 is 2.92 bits per heavy atom.